The molecule has 52 valence electrons. The summed E-state index contributed by atoms with van der Waals surface area (Å²) in [7, 11) is 0. The number of hydrogen-bond acceptors (Lipinski definition) is 4. The van der Waals surface area contributed by atoms with Gasteiger partial charge in [0.15, 0.2) is 0 Å². The third-order valence-corrected chi connectivity index (χ3v) is 0.875. The molecule has 0 aromatic carbocycles. The monoisotopic (exact) mass is 142 g/mol. The second-order valence-electron chi connectivity index (χ2n) is 1.51. The molecule has 10 heavy (non-hydrogen) atoms. The average Bonchev–Trinajstić information content (AvgIpc) is 2.14. The normalized spacial score (nSPS) is 16.6. The van der Waals surface area contributed by atoms with E-state index in [9.17, 15) is 14.4 Å². The first-order chi connectivity index (χ1) is 4.63. The number of amides is 2. The van der Waals surface area contributed by atoms with Gasteiger partial charge in [0.05, 0.1) is 0 Å². The van der Waals surface area contributed by atoms with Gasteiger partial charge in [-0.15, -0.1) is 5.01 Å². The van der Waals surface area contributed by atoms with Crippen LogP contribution in [0.5, 0.6) is 0 Å². The Labute approximate surface area is 54.7 Å². The van der Waals surface area contributed by atoms with Gasteiger partial charge in [0.2, 0.25) is 0 Å². The van der Waals surface area contributed by atoms with Crippen LogP contribution in [0.25, 0.3) is 0 Å². The molecule has 1 aliphatic heterocycles. The Morgan fingerprint density at radius 2 is 2.20 bits per heavy atom. The lowest BCUT2D eigenvalue weighted by molar-refractivity contribution is -0.138. The van der Waals surface area contributed by atoms with Gasteiger partial charge in [-0.1, -0.05) is 0 Å². The van der Waals surface area contributed by atoms with Crippen molar-refractivity contribution < 1.29 is 19.5 Å². The molecule has 1 heterocycles. The molecule has 1 N–H and O–H groups in total. The van der Waals surface area contributed by atoms with Crippen LogP contribution in [-0.4, -0.2) is 34.1 Å². The fourth-order valence-electron chi connectivity index (χ4n) is 0.458. The molecule has 1 aliphatic rings. The van der Waals surface area contributed by atoms with Crippen molar-refractivity contribution in [2.75, 3.05) is 0 Å². The molecule has 6 heteroatoms. The first kappa shape index (κ1) is 6.40. The van der Waals surface area contributed by atoms with Gasteiger partial charge < -0.3 is 5.11 Å². The van der Waals surface area contributed by atoms with Crippen molar-refractivity contribution in [2.45, 2.75) is 0 Å². The van der Waals surface area contributed by atoms with Gasteiger partial charge in [-0.2, -0.15) is 5.10 Å². The van der Waals surface area contributed by atoms with E-state index in [-0.39, 0.29) is 5.01 Å². The van der Waals surface area contributed by atoms with E-state index in [4.69, 9.17) is 5.11 Å². The number of nitrogens with zero attached hydrogens (tertiary/aromatic N) is 2. The van der Waals surface area contributed by atoms with E-state index >= 15 is 0 Å². The molecule has 2 amide bonds. The number of hydrazone groups is 1. The molecule has 0 unspecified atom stereocenters. The quantitative estimate of drug-likeness (QED) is 0.442. The van der Waals surface area contributed by atoms with Crippen LogP contribution in [-0.2, 0) is 9.59 Å². The van der Waals surface area contributed by atoms with Crippen LogP contribution in [0.1, 0.15) is 0 Å². The molecule has 0 radical (unpaired) electrons. The van der Waals surface area contributed by atoms with E-state index < -0.39 is 17.8 Å². The predicted molar refractivity (Wildman–Crippen MR) is 28.4 cm³/mol. The first-order valence-corrected chi connectivity index (χ1v) is 2.28. The summed E-state index contributed by atoms with van der Waals surface area (Å²) in [6.07, 6.45) is -0.886. The number of carbonyl (C=O) groups is 3. The summed E-state index contributed by atoms with van der Waals surface area (Å²) in [4.78, 5) is 30.7. The summed E-state index contributed by atoms with van der Waals surface area (Å²) < 4.78 is 0. The lowest BCUT2D eigenvalue weighted by Crippen LogP contribution is -2.30. The molecule has 0 aromatic heterocycles. The van der Waals surface area contributed by atoms with Gasteiger partial charge in [0.1, 0.15) is 6.21 Å². The van der Waals surface area contributed by atoms with Crippen LogP contribution in [0, 0.1) is 0 Å². The summed E-state index contributed by atoms with van der Waals surface area (Å²) in [6, 6.07) is 0. The fraction of sp³-hybridized carbons (Fsp3) is 0. The van der Waals surface area contributed by atoms with Crippen LogP contribution in [0.4, 0.5) is 4.79 Å². The number of carboxylic acid groups (broad SMARTS) is 1. The van der Waals surface area contributed by atoms with Gasteiger partial charge in [0, 0.05) is 0 Å². The number of ketones is 1. The van der Waals surface area contributed by atoms with Gasteiger partial charge >= 0.3 is 12.0 Å². The number of Topliss-reactive ketones (excluding diaryl/α,β-unsaturated/α-hetero) is 1. The molecule has 1 rings (SSSR count). The number of carbonyl (C=O) groups excluding carboxylic acids is 2. The molecular formula is C4H2N2O4. The number of rotatable bonds is 0. The summed E-state index contributed by atoms with van der Waals surface area (Å²) in [5.41, 5.74) is 0. The molecule has 0 fully saturated rings. The topological polar surface area (TPSA) is 87.0 Å². The second kappa shape index (κ2) is 1.90. The zero-order chi connectivity index (χ0) is 7.72. The van der Waals surface area contributed by atoms with E-state index in [1.54, 1.807) is 0 Å². The Bertz CT molecular complexity index is 244. The molecule has 0 saturated heterocycles. The molecule has 0 bridgehead atoms. The first-order valence-electron chi connectivity index (χ1n) is 2.28. The third kappa shape index (κ3) is 0.750. The lowest BCUT2D eigenvalue weighted by Gasteiger charge is -1.99. The van der Waals surface area contributed by atoms with E-state index in [0.717, 1.165) is 0 Å². The molecular weight excluding hydrogens is 140 g/mol. The summed E-state index contributed by atoms with van der Waals surface area (Å²) >= 11 is 0. The summed E-state index contributed by atoms with van der Waals surface area (Å²) in [5.74, 6) is -2.05. The van der Waals surface area contributed by atoms with Crippen LogP contribution in [0.2, 0.25) is 0 Å². The van der Waals surface area contributed by atoms with Crippen LogP contribution >= 0.6 is 0 Å². The van der Waals surface area contributed by atoms with Gasteiger partial charge in [-0.05, 0) is 0 Å². The van der Waals surface area contributed by atoms with Gasteiger partial charge in [-0.25, -0.2) is 4.79 Å². The van der Waals surface area contributed by atoms with Crippen molar-refractivity contribution in [1.29, 1.82) is 0 Å². The van der Waals surface area contributed by atoms with Crippen LogP contribution in [0.3, 0.4) is 0 Å². The highest BCUT2D eigenvalue weighted by Gasteiger charge is 2.30. The molecule has 0 saturated carbocycles. The highest BCUT2D eigenvalue weighted by molar-refractivity contribution is 6.61. The average molecular weight is 142 g/mol. The van der Waals surface area contributed by atoms with Crippen molar-refractivity contribution >= 4 is 24.0 Å². The highest BCUT2D eigenvalue weighted by Crippen LogP contribution is 1.98. The molecule has 0 aromatic rings. The SMILES string of the molecule is O=C1C=NN(C(=O)O)C1=O. The second-order valence-corrected chi connectivity index (χ2v) is 1.51. The third-order valence-electron chi connectivity index (χ3n) is 0.875. The predicted octanol–water partition coefficient (Wildman–Crippen LogP) is -0.939. The smallest absolute Gasteiger partial charge is 0.435 e. The van der Waals surface area contributed by atoms with Crippen LogP contribution < -0.4 is 0 Å². The molecule has 0 atom stereocenters. The Morgan fingerprint density at radius 3 is 2.40 bits per heavy atom. The van der Waals surface area contributed by atoms with Crippen molar-refractivity contribution in [2.24, 2.45) is 5.10 Å². The number of hydrogen-bond donors (Lipinski definition) is 1. The maximum absolute atomic E-state index is 10.4. The maximum Gasteiger partial charge on any atom is 0.435 e. The maximum atomic E-state index is 10.4. The Balaban J connectivity index is 2.86. The minimum Gasteiger partial charge on any atom is -0.463 e. The molecule has 6 nitrogen and oxygen atoms in total. The Kier molecular flexibility index (Phi) is 1.22. The summed E-state index contributed by atoms with van der Waals surface area (Å²) in [6.45, 7) is 0. The number of imide groups is 1. The van der Waals surface area contributed by atoms with E-state index in [2.05, 4.69) is 5.10 Å². The zero-order valence-corrected chi connectivity index (χ0v) is 4.64. The lowest BCUT2D eigenvalue weighted by atomic mass is 10.4. The summed E-state index contributed by atoms with van der Waals surface area (Å²) in [5, 5.41) is 11.2. The molecule has 0 spiro atoms. The molecule has 0 aliphatic carbocycles. The van der Waals surface area contributed by atoms with Crippen molar-refractivity contribution in [3.05, 3.63) is 0 Å². The van der Waals surface area contributed by atoms with E-state index in [1.807, 2.05) is 0 Å². The van der Waals surface area contributed by atoms with Gasteiger partial charge in [-0.3, -0.25) is 9.59 Å². The van der Waals surface area contributed by atoms with Crippen molar-refractivity contribution in [3.8, 4) is 0 Å². The fourth-order valence-corrected chi connectivity index (χ4v) is 0.458. The Morgan fingerprint density at radius 1 is 1.60 bits per heavy atom. The van der Waals surface area contributed by atoms with Crippen molar-refractivity contribution in [1.82, 2.24) is 5.01 Å². The minimum atomic E-state index is -1.55. The largest absolute Gasteiger partial charge is 0.463 e. The minimum absolute atomic E-state index is 0.0856. The van der Waals surface area contributed by atoms with Crippen LogP contribution in [0.15, 0.2) is 5.10 Å². The van der Waals surface area contributed by atoms with E-state index in [0.29, 0.717) is 6.21 Å². The standard InChI is InChI=1S/C4H2N2O4/c7-2-1-5-6(3(2)8)4(9)10/h1H,(H,9,10). The zero-order valence-electron chi connectivity index (χ0n) is 4.64. The highest BCUT2D eigenvalue weighted by atomic mass is 16.4. The van der Waals surface area contributed by atoms with E-state index in [1.165, 1.54) is 0 Å². The Hall–Kier alpha value is -1.72. The van der Waals surface area contributed by atoms with Crippen molar-refractivity contribution in [3.63, 3.8) is 0 Å². The van der Waals surface area contributed by atoms with Gasteiger partial charge in [0.25, 0.3) is 5.78 Å².